The monoisotopic (exact) mass is 530 g/mol. The number of hydrogen-bond donors (Lipinski definition) is 0. The normalized spacial score (nSPS) is 11.6. The minimum atomic E-state index is -1.46. The van der Waals surface area contributed by atoms with Gasteiger partial charge in [0.2, 0.25) is 0 Å². The van der Waals surface area contributed by atoms with Crippen LogP contribution in [-0.2, 0) is 9.53 Å². The van der Waals surface area contributed by atoms with E-state index in [1.807, 2.05) is 36.4 Å². The van der Waals surface area contributed by atoms with E-state index in [1.54, 1.807) is 6.92 Å². The average Bonchev–Trinajstić information content (AvgIpc) is 2.95. The Balaban J connectivity index is 1.83. The van der Waals surface area contributed by atoms with Crippen LogP contribution in [0.25, 0.3) is 11.1 Å². The van der Waals surface area contributed by atoms with E-state index in [9.17, 15) is 4.79 Å². The summed E-state index contributed by atoms with van der Waals surface area (Å²) in [6.07, 6.45) is 0. The number of benzene rings is 4. The Hall–Kier alpha value is -4.33. The van der Waals surface area contributed by atoms with Crippen LogP contribution in [0.5, 0.6) is 5.75 Å². The van der Waals surface area contributed by atoms with Gasteiger partial charge in [-0.25, -0.2) is 4.79 Å². The maximum Gasteiger partial charge on any atom is 0.344 e. The van der Waals surface area contributed by atoms with Crippen LogP contribution < -0.4 is 4.74 Å². The van der Waals surface area contributed by atoms with Gasteiger partial charge in [-0.05, 0) is 64.6 Å². The zero-order valence-corrected chi connectivity index (χ0v) is 24.0. The summed E-state index contributed by atoms with van der Waals surface area (Å²) in [5.41, 5.74) is 11.1. The second-order valence-electron chi connectivity index (χ2n) is 10.2. The Kier molecular flexibility index (Phi) is 9.20. The van der Waals surface area contributed by atoms with Gasteiger partial charge in [-0.1, -0.05) is 110 Å². The molecule has 0 bridgehead atoms. The zero-order chi connectivity index (χ0) is 27.7. The van der Waals surface area contributed by atoms with Crippen LogP contribution in [0.15, 0.2) is 109 Å². The predicted molar refractivity (Wildman–Crippen MR) is 163 cm³/mol. The number of rotatable bonds is 8. The van der Waals surface area contributed by atoms with Crippen LogP contribution in [0.2, 0.25) is 19.6 Å². The van der Waals surface area contributed by atoms with Crippen LogP contribution in [0, 0.1) is 11.5 Å². The quantitative estimate of drug-likeness (QED) is 0.101. The molecule has 0 unspecified atom stereocenters. The highest BCUT2D eigenvalue weighted by molar-refractivity contribution is 6.83. The van der Waals surface area contributed by atoms with Crippen molar-refractivity contribution in [3.63, 3.8) is 0 Å². The summed E-state index contributed by atoms with van der Waals surface area (Å²) in [5.74, 6) is 3.60. The zero-order valence-electron chi connectivity index (χ0n) is 23.0. The Morgan fingerprint density at radius 3 is 1.59 bits per heavy atom. The minimum absolute atomic E-state index is 0.114. The first-order valence-corrected chi connectivity index (χ1v) is 16.7. The molecule has 4 heteroatoms. The van der Waals surface area contributed by atoms with Gasteiger partial charge in [0.25, 0.3) is 0 Å². The number of esters is 1. The highest BCUT2D eigenvalue weighted by Gasteiger charge is 2.16. The Morgan fingerprint density at radius 2 is 1.13 bits per heavy atom. The third-order valence-corrected chi connectivity index (χ3v) is 6.81. The number of ether oxygens (including phenoxy) is 2. The third-order valence-electron chi connectivity index (χ3n) is 5.94. The van der Waals surface area contributed by atoms with Crippen molar-refractivity contribution in [3.05, 3.63) is 137 Å². The summed E-state index contributed by atoms with van der Waals surface area (Å²) in [6, 6.07) is 37.3. The summed E-state index contributed by atoms with van der Waals surface area (Å²) >= 11 is 0. The average molecular weight is 531 g/mol. The van der Waals surface area contributed by atoms with E-state index in [2.05, 4.69) is 104 Å². The van der Waals surface area contributed by atoms with Crippen molar-refractivity contribution in [2.45, 2.75) is 26.6 Å². The van der Waals surface area contributed by atoms with Gasteiger partial charge in [0.1, 0.15) is 13.8 Å². The van der Waals surface area contributed by atoms with E-state index in [-0.39, 0.29) is 12.6 Å². The first-order valence-electron chi connectivity index (χ1n) is 13.2. The van der Waals surface area contributed by atoms with Crippen molar-refractivity contribution in [2.24, 2.45) is 0 Å². The molecule has 39 heavy (non-hydrogen) atoms. The summed E-state index contributed by atoms with van der Waals surface area (Å²) in [6.45, 7) is 8.76. The molecule has 0 atom stereocenters. The maximum absolute atomic E-state index is 11.7. The standard InChI is InChI=1S/C35H34O3Si/c1-5-37-33(36)26-38-32-22-20-31(21-23-32)35(29-14-10-7-11-15-29)34(28-12-8-6-9-13-28)30-18-16-27(17-19-30)24-25-39(2,3)4/h6-23H,5,26H2,1-4H3. The van der Waals surface area contributed by atoms with Crippen LogP contribution in [-0.4, -0.2) is 27.3 Å². The fourth-order valence-corrected chi connectivity index (χ4v) is 4.68. The van der Waals surface area contributed by atoms with Crippen LogP contribution in [0.3, 0.4) is 0 Å². The lowest BCUT2D eigenvalue weighted by molar-refractivity contribution is -0.145. The number of hydrogen-bond acceptors (Lipinski definition) is 3. The molecule has 0 radical (unpaired) electrons. The van der Waals surface area contributed by atoms with Gasteiger partial charge < -0.3 is 9.47 Å². The summed E-state index contributed by atoms with van der Waals surface area (Å²) in [5, 5.41) is 0. The Labute approximate surface area is 233 Å². The molecule has 0 heterocycles. The Morgan fingerprint density at radius 1 is 0.667 bits per heavy atom. The van der Waals surface area contributed by atoms with Gasteiger partial charge in [-0.15, -0.1) is 5.54 Å². The molecule has 0 saturated carbocycles. The van der Waals surface area contributed by atoms with Crippen LogP contribution >= 0.6 is 0 Å². The van der Waals surface area contributed by atoms with E-state index in [0.717, 1.165) is 39.0 Å². The smallest absolute Gasteiger partial charge is 0.344 e. The molecule has 0 aromatic heterocycles. The molecule has 4 rings (SSSR count). The summed E-state index contributed by atoms with van der Waals surface area (Å²) in [7, 11) is -1.46. The molecular weight excluding hydrogens is 496 g/mol. The van der Waals surface area contributed by atoms with E-state index in [4.69, 9.17) is 9.47 Å². The van der Waals surface area contributed by atoms with Gasteiger partial charge >= 0.3 is 5.97 Å². The summed E-state index contributed by atoms with van der Waals surface area (Å²) < 4.78 is 10.6. The van der Waals surface area contributed by atoms with E-state index in [1.165, 1.54) is 0 Å². The molecule has 0 aliphatic rings. The minimum Gasteiger partial charge on any atom is -0.482 e. The van der Waals surface area contributed by atoms with Crippen LogP contribution in [0.1, 0.15) is 34.7 Å². The van der Waals surface area contributed by atoms with Crippen LogP contribution in [0.4, 0.5) is 0 Å². The van der Waals surface area contributed by atoms with Crippen molar-refractivity contribution in [1.29, 1.82) is 0 Å². The molecule has 0 spiro atoms. The van der Waals surface area contributed by atoms with Crippen molar-refractivity contribution in [3.8, 4) is 17.2 Å². The maximum atomic E-state index is 11.7. The van der Waals surface area contributed by atoms with Gasteiger partial charge in [0, 0.05) is 5.56 Å². The molecule has 4 aromatic rings. The summed E-state index contributed by atoms with van der Waals surface area (Å²) in [4.78, 5) is 11.7. The second-order valence-corrected chi connectivity index (χ2v) is 14.9. The molecule has 0 amide bonds. The fourth-order valence-electron chi connectivity index (χ4n) is 4.16. The third kappa shape index (κ3) is 7.83. The molecule has 0 fully saturated rings. The van der Waals surface area contributed by atoms with Gasteiger partial charge in [0.15, 0.2) is 6.61 Å². The van der Waals surface area contributed by atoms with E-state index >= 15 is 0 Å². The fraction of sp³-hybridized carbons (Fsp3) is 0.171. The van der Waals surface area contributed by atoms with Gasteiger partial charge in [-0.3, -0.25) is 0 Å². The molecule has 0 saturated heterocycles. The van der Waals surface area contributed by atoms with E-state index in [0.29, 0.717) is 12.4 Å². The van der Waals surface area contributed by atoms with Gasteiger partial charge in [0.05, 0.1) is 6.61 Å². The highest BCUT2D eigenvalue weighted by atomic mass is 28.3. The lowest BCUT2D eigenvalue weighted by Crippen LogP contribution is -2.16. The largest absolute Gasteiger partial charge is 0.482 e. The lowest BCUT2D eigenvalue weighted by atomic mass is 9.85. The second kappa shape index (κ2) is 13.0. The SMILES string of the molecule is CCOC(=O)COc1ccc(C(=C(c2ccccc2)c2ccc(C#C[Si](C)(C)C)cc2)c2ccccc2)cc1. The number of carbonyl (C=O) groups is 1. The lowest BCUT2D eigenvalue weighted by Gasteiger charge is -2.18. The van der Waals surface area contributed by atoms with Crippen molar-refractivity contribution in [1.82, 2.24) is 0 Å². The first kappa shape index (κ1) is 27.7. The Bertz CT molecular complexity index is 1470. The van der Waals surface area contributed by atoms with Crippen molar-refractivity contribution < 1.29 is 14.3 Å². The molecule has 0 aliphatic heterocycles. The first-order chi connectivity index (χ1) is 18.8. The number of carbonyl (C=O) groups excluding carboxylic acids is 1. The van der Waals surface area contributed by atoms with E-state index < -0.39 is 8.07 Å². The molecule has 0 aliphatic carbocycles. The highest BCUT2D eigenvalue weighted by Crippen LogP contribution is 2.37. The molecule has 4 aromatic carbocycles. The molecule has 0 N–H and O–H groups in total. The predicted octanol–water partition coefficient (Wildman–Crippen LogP) is 7.86. The molecule has 196 valence electrons. The van der Waals surface area contributed by atoms with Crippen molar-refractivity contribution in [2.75, 3.05) is 13.2 Å². The molecule has 3 nitrogen and oxygen atoms in total. The van der Waals surface area contributed by atoms with Gasteiger partial charge in [-0.2, -0.15) is 0 Å². The molecular formula is C35H34O3Si. The van der Waals surface area contributed by atoms with Crippen molar-refractivity contribution >= 4 is 25.2 Å². The topological polar surface area (TPSA) is 35.5 Å².